The van der Waals surface area contributed by atoms with Crippen LogP contribution in [0.3, 0.4) is 0 Å². The van der Waals surface area contributed by atoms with Crippen LogP contribution in [0.1, 0.15) is 30.4 Å². The van der Waals surface area contributed by atoms with Crippen molar-refractivity contribution in [3.63, 3.8) is 0 Å². The molecule has 0 radical (unpaired) electrons. The van der Waals surface area contributed by atoms with E-state index < -0.39 is 0 Å². The first kappa shape index (κ1) is 15.1. The molecule has 1 unspecified atom stereocenters. The van der Waals surface area contributed by atoms with Crippen LogP contribution in [0.5, 0.6) is 5.75 Å². The number of rotatable bonds is 6. The Morgan fingerprint density at radius 2 is 1.76 bits per heavy atom. The topological polar surface area (TPSA) is 49.3 Å². The van der Waals surface area contributed by atoms with Gasteiger partial charge >= 0.3 is 0 Å². The van der Waals surface area contributed by atoms with Gasteiger partial charge in [0.05, 0.1) is 6.42 Å². The molecule has 0 aliphatic rings. The summed E-state index contributed by atoms with van der Waals surface area (Å²) < 4.78 is 0. The normalized spacial score (nSPS) is 11.9. The second-order valence-corrected chi connectivity index (χ2v) is 5.16. The molecule has 1 atom stereocenters. The fourth-order valence-electron chi connectivity index (χ4n) is 2.32. The largest absolute Gasteiger partial charge is 0.508 e. The Balaban J connectivity index is 1.86. The number of amides is 1. The fraction of sp³-hybridized carbons (Fsp3) is 0.278. The Labute approximate surface area is 125 Å². The molecule has 0 saturated carbocycles. The molecule has 3 nitrogen and oxygen atoms in total. The Kier molecular flexibility index (Phi) is 5.38. The van der Waals surface area contributed by atoms with Gasteiger partial charge in [0, 0.05) is 12.5 Å². The summed E-state index contributed by atoms with van der Waals surface area (Å²) in [4.78, 5) is 12.0. The van der Waals surface area contributed by atoms with E-state index in [0.717, 1.165) is 12.0 Å². The molecule has 2 aromatic carbocycles. The summed E-state index contributed by atoms with van der Waals surface area (Å²) in [5, 5.41) is 12.2. The molecular weight excluding hydrogens is 262 g/mol. The Morgan fingerprint density at radius 3 is 2.38 bits per heavy atom. The van der Waals surface area contributed by atoms with Gasteiger partial charge in [-0.3, -0.25) is 4.79 Å². The summed E-state index contributed by atoms with van der Waals surface area (Å²) in [6.45, 7) is 2.78. The second kappa shape index (κ2) is 7.48. The molecule has 2 N–H and O–H groups in total. The van der Waals surface area contributed by atoms with Crippen molar-refractivity contribution in [1.29, 1.82) is 0 Å². The van der Waals surface area contributed by atoms with Crippen molar-refractivity contribution in [3.05, 3.63) is 65.7 Å². The van der Waals surface area contributed by atoms with E-state index >= 15 is 0 Å². The van der Waals surface area contributed by atoms with Crippen molar-refractivity contribution < 1.29 is 9.90 Å². The highest BCUT2D eigenvalue weighted by Crippen LogP contribution is 2.18. The summed E-state index contributed by atoms with van der Waals surface area (Å²) in [5.74, 6) is 0.569. The zero-order valence-electron chi connectivity index (χ0n) is 12.3. The molecule has 3 heteroatoms. The lowest BCUT2D eigenvalue weighted by Crippen LogP contribution is -2.29. The predicted molar refractivity (Wildman–Crippen MR) is 84.3 cm³/mol. The average molecular weight is 283 g/mol. The highest BCUT2D eigenvalue weighted by Gasteiger charge is 2.11. The zero-order valence-corrected chi connectivity index (χ0v) is 12.3. The van der Waals surface area contributed by atoms with E-state index in [2.05, 4.69) is 24.4 Å². The van der Waals surface area contributed by atoms with E-state index in [4.69, 9.17) is 0 Å². The predicted octanol–water partition coefficient (Wildman–Crippen LogP) is 3.24. The van der Waals surface area contributed by atoms with Crippen LogP contribution >= 0.6 is 0 Å². The molecule has 1 amide bonds. The average Bonchev–Trinajstić information content (AvgIpc) is 2.51. The number of phenols is 1. The van der Waals surface area contributed by atoms with Gasteiger partial charge in [0.15, 0.2) is 0 Å². The highest BCUT2D eigenvalue weighted by atomic mass is 16.3. The van der Waals surface area contributed by atoms with Gasteiger partial charge in [-0.15, -0.1) is 0 Å². The van der Waals surface area contributed by atoms with Crippen molar-refractivity contribution in [2.24, 2.45) is 0 Å². The molecule has 0 spiro atoms. The molecule has 110 valence electrons. The first-order valence-corrected chi connectivity index (χ1v) is 7.28. The van der Waals surface area contributed by atoms with Crippen molar-refractivity contribution in [3.8, 4) is 5.75 Å². The van der Waals surface area contributed by atoms with Gasteiger partial charge in [0.2, 0.25) is 5.91 Å². The summed E-state index contributed by atoms with van der Waals surface area (Å²) in [5.41, 5.74) is 2.16. The van der Waals surface area contributed by atoms with Crippen LogP contribution in [0.15, 0.2) is 54.6 Å². The maximum atomic E-state index is 12.0. The van der Waals surface area contributed by atoms with Crippen molar-refractivity contribution in [2.45, 2.75) is 25.7 Å². The van der Waals surface area contributed by atoms with Gasteiger partial charge < -0.3 is 10.4 Å². The third-order valence-corrected chi connectivity index (χ3v) is 3.61. The third kappa shape index (κ3) is 4.63. The molecular formula is C18H21NO2. The minimum atomic E-state index is 0.00932. The minimum absolute atomic E-state index is 0.00932. The van der Waals surface area contributed by atoms with Gasteiger partial charge in [-0.05, 0) is 29.7 Å². The lowest BCUT2D eigenvalue weighted by molar-refractivity contribution is -0.120. The first-order valence-electron chi connectivity index (χ1n) is 7.28. The number of carbonyl (C=O) groups is 1. The van der Waals surface area contributed by atoms with E-state index in [-0.39, 0.29) is 11.7 Å². The van der Waals surface area contributed by atoms with E-state index in [1.54, 1.807) is 24.3 Å². The Hall–Kier alpha value is -2.29. The lowest BCUT2D eigenvalue weighted by Gasteiger charge is -2.16. The number of hydrogen-bond acceptors (Lipinski definition) is 2. The second-order valence-electron chi connectivity index (χ2n) is 5.16. The number of phenolic OH excluding ortho intramolecular Hbond substituents is 1. The SMILES string of the molecule is CCC(CNC(=O)Cc1ccc(O)cc1)c1ccccc1. The van der Waals surface area contributed by atoms with Crippen LogP contribution in [0.25, 0.3) is 0 Å². The third-order valence-electron chi connectivity index (χ3n) is 3.61. The maximum Gasteiger partial charge on any atom is 0.224 e. The monoisotopic (exact) mass is 283 g/mol. The van der Waals surface area contributed by atoms with E-state index in [1.165, 1.54) is 5.56 Å². The summed E-state index contributed by atoms with van der Waals surface area (Å²) in [6.07, 6.45) is 1.33. The molecule has 0 saturated heterocycles. The number of aromatic hydroxyl groups is 1. The summed E-state index contributed by atoms with van der Waals surface area (Å²) in [6, 6.07) is 17.0. The van der Waals surface area contributed by atoms with Crippen molar-refractivity contribution in [2.75, 3.05) is 6.54 Å². The van der Waals surface area contributed by atoms with Crippen molar-refractivity contribution in [1.82, 2.24) is 5.32 Å². The van der Waals surface area contributed by atoms with Gasteiger partial charge in [-0.1, -0.05) is 49.4 Å². The van der Waals surface area contributed by atoms with Gasteiger partial charge in [0.1, 0.15) is 5.75 Å². The molecule has 0 bridgehead atoms. The number of nitrogens with one attached hydrogen (secondary N) is 1. The minimum Gasteiger partial charge on any atom is -0.508 e. The quantitative estimate of drug-likeness (QED) is 0.855. The van der Waals surface area contributed by atoms with E-state index in [0.29, 0.717) is 18.9 Å². The van der Waals surface area contributed by atoms with Gasteiger partial charge in [0.25, 0.3) is 0 Å². The summed E-state index contributed by atoms with van der Waals surface area (Å²) in [7, 11) is 0. The van der Waals surface area contributed by atoms with E-state index in [1.807, 2.05) is 18.2 Å². The Bertz CT molecular complexity index is 564. The van der Waals surface area contributed by atoms with Crippen LogP contribution < -0.4 is 5.32 Å². The lowest BCUT2D eigenvalue weighted by atomic mass is 9.96. The zero-order chi connectivity index (χ0) is 15.1. The number of benzene rings is 2. The maximum absolute atomic E-state index is 12.0. The van der Waals surface area contributed by atoms with Crippen LogP contribution in [0.4, 0.5) is 0 Å². The molecule has 21 heavy (non-hydrogen) atoms. The molecule has 0 aliphatic heterocycles. The van der Waals surface area contributed by atoms with Crippen molar-refractivity contribution >= 4 is 5.91 Å². The van der Waals surface area contributed by atoms with Gasteiger partial charge in [-0.25, -0.2) is 0 Å². The highest BCUT2D eigenvalue weighted by molar-refractivity contribution is 5.78. The van der Waals surface area contributed by atoms with E-state index in [9.17, 15) is 9.90 Å². The Morgan fingerprint density at radius 1 is 1.10 bits per heavy atom. The molecule has 2 rings (SSSR count). The smallest absolute Gasteiger partial charge is 0.224 e. The molecule has 0 fully saturated rings. The molecule has 0 aromatic heterocycles. The summed E-state index contributed by atoms with van der Waals surface area (Å²) >= 11 is 0. The molecule has 0 heterocycles. The van der Waals surface area contributed by atoms with Gasteiger partial charge in [-0.2, -0.15) is 0 Å². The van der Waals surface area contributed by atoms with Crippen LogP contribution in [-0.2, 0) is 11.2 Å². The molecule has 0 aliphatic carbocycles. The van der Waals surface area contributed by atoms with Crippen LogP contribution in [-0.4, -0.2) is 17.6 Å². The van der Waals surface area contributed by atoms with Crippen LogP contribution in [0, 0.1) is 0 Å². The van der Waals surface area contributed by atoms with Crippen LogP contribution in [0.2, 0.25) is 0 Å². The standard InChI is InChI=1S/C18H21NO2/c1-2-15(16-6-4-3-5-7-16)13-19-18(21)12-14-8-10-17(20)11-9-14/h3-11,15,20H,2,12-13H2,1H3,(H,19,21). The fourth-order valence-corrected chi connectivity index (χ4v) is 2.32. The first-order chi connectivity index (χ1) is 10.2. The number of carbonyl (C=O) groups excluding carboxylic acids is 1. The number of hydrogen-bond donors (Lipinski definition) is 2. The molecule has 2 aromatic rings.